The highest BCUT2D eigenvalue weighted by molar-refractivity contribution is 7.74. The summed E-state index contributed by atoms with van der Waals surface area (Å²) >= 11 is -2.53. The highest BCUT2D eigenvalue weighted by atomic mass is 32.2. The molecule has 0 aliphatic heterocycles. The van der Waals surface area contributed by atoms with Crippen molar-refractivity contribution in [1.82, 2.24) is 0 Å². The molecule has 70 valence electrons. The lowest BCUT2D eigenvalue weighted by molar-refractivity contribution is -0.442. The van der Waals surface area contributed by atoms with E-state index in [1.807, 2.05) is 0 Å². The topological polar surface area (TPSA) is 3.01 Å². The van der Waals surface area contributed by atoms with E-state index in [4.69, 9.17) is 0 Å². The lowest BCUT2D eigenvalue weighted by atomic mass is 10.5. The standard InChI is InChI=1S/C2H6F2NS.BF3.FH/c1-5(2)6(3)4;2-1(3)4;/h1-2H3;;1H/q+1;;/p-1. The van der Waals surface area contributed by atoms with Crippen molar-refractivity contribution >= 4 is 19.0 Å². The number of hydrogen-bond acceptors (Lipinski definition) is 0. The summed E-state index contributed by atoms with van der Waals surface area (Å²) in [5.41, 5.74) is 0. The second-order valence-electron chi connectivity index (χ2n) is 1.26. The average Bonchev–Trinajstić information content (AvgIpc) is 1.63. The van der Waals surface area contributed by atoms with Gasteiger partial charge in [-0.05, 0) is 0 Å². The lowest BCUT2D eigenvalue weighted by Gasteiger charge is -1.74. The van der Waals surface area contributed by atoms with E-state index in [2.05, 4.69) is 0 Å². The summed E-state index contributed by atoms with van der Waals surface area (Å²) in [6, 6.07) is 0. The average molecular weight is 201 g/mol. The quantitative estimate of drug-likeness (QED) is 0.260. The van der Waals surface area contributed by atoms with E-state index in [0.717, 1.165) is 3.95 Å². The highest BCUT2D eigenvalue weighted by Crippen LogP contribution is 1.84. The zero-order chi connectivity index (χ0) is 8.73. The minimum Gasteiger partial charge on any atom is -1.00 e. The maximum absolute atomic E-state index is 11.1. The Morgan fingerprint density at radius 3 is 1.18 bits per heavy atom. The fraction of sp³-hybridized carbons (Fsp3) is 1.00. The summed E-state index contributed by atoms with van der Waals surface area (Å²) < 4.78 is 52.1. The van der Waals surface area contributed by atoms with E-state index in [9.17, 15) is 20.7 Å². The van der Waals surface area contributed by atoms with Gasteiger partial charge in [-0.15, -0.1) is 0 Å². The first-order chi connectivity index (χ1) is 4.37. The predicted octanol–water partition coefficient (Wildman–Crippen LogP) is -1.29. The van der Waals surface area contributed by atoms with Crippen LogP contribution in [0.5, 0.6) is 0 Å². The smallest absolute Gasteiger partial charge is 0.762 e. The lowest BCUT2D eigenvalue weighted by Crippen LogP contribution is -3.00. The summed E-state index contributed by atoms with van der Waals surface area (Å²) in [6.07, 6.45) is 0. The van der Waals surface area contributed by atoms with Gasteiger partial charge in [0.2, 0.25) is 0 Å². The van der Waals surface area contributed by atoms with Gasteiger partial charge in [0.1, 0.15) is 14.1 Å². The Hall–Kier alpha value is -0.205. The van der Waals surface area contributed by atoms with E-state index >= 15 is 0 Å². The molecular weight excluding hydrogens is 195 g/mol. The maximum Gasteiger partial charge on any atom is 0.762 e. The number of nitrogens with zero attached hydrogens (tertiary/aromatic N) is 1. The van der Waals surface area contributed by atoms with Gasteiger partial charge in [0.15, 0.2) is 0 Å². The Balaban J connectivity index is -0.000000114. The van der Waals surface area contributed by atoms with Crippen LogP contribution in [0.4, 0.5) is 20.7 Å². The van der Waals surface area contributed by atoms with Gasteiger partial charge in [-0.25, -0.2) is 0 Å². The fourth-order valence-electron chi connectivity index (χ4n) is 0. The third-order valence-electron chi connectivity index (χ3n) is 0.276. The first kappa shape index (κ1) is 17.0. The predicted molar refractivity (Wildman–Crippen MR) is 30.8 cm³/mol. The van der Waals surface area contributed by atoms with Gasteiger partial charge >= 0.3 is 19.0 Å². The van der Waals surface area contributed by atoms with E-state index in [-0.39, 0.29) is 4.70 Å². The van der Waals surface area contributed by atoms with Gasteiger partial charge in [0, 0.05) is 0 Å². The van der Waals surface area contributed by atoms with Crippen molar-refractivity contribution < 1.29 is 29.4 Å². The summed E-state index contributed by atoms with van der Waals surface area (Å²) in [6.45, 7) is 0. The van der Waals surface area contributed by atoms with Gasteiger partial charge in [-0.3, -0.25) is 12.9 Å². The Kier molecular flexibility index (Phi) is 15.2. The van der Waals surface area contributed by atoms with Crippen molar-refractivity contribution in [3.63, 3.8) is 0 Å². The van der Waals surface area contributed by atoms with Crippen molar-refractivity contribution in [2.24, 2.45) is 0 Å². The molecule has 0 saturated carbocycles. The third kappa shape index (κ3) is 41.3. The molecule has 0 saturated heterocycles. The molecule has 0 fully saturated rings. The van der Waals surface area contributed by atoms with Crippen LogP contribution in [0, 0.1) is 0 Å². The van der Waals surface area contributed by atoms with Crippen LogP contribution >= 0.6 is 0 Å². The summed E-state index contributed by atoms with van der Waals surface area (Å²) in [4.78, 5) is 0. The normalized spacial score (nSPS) is 7.64. The Morgan fingerprint density at radius 2 is 1.18 bits per heavy atom. The Labute approximate surface area is 63.5 Å². The van der Waals surface area contributed by atoms with E-state index in [0.29, 0.717) is 0 Å². The molecule has 0 N–H and O–H groups in total. The molecule has 0 aromatic rings. The summed E-state index contributed by atoms with van der Waals surface area (Å²) in [7, 11) is -0.994. The molecule has 0 unspecified atom stereocenters. The van der Waals surface area contributed by atoms with Crippen molar-refractivity contribution in [2.75, 3.05) is 14.1 Å². The van der Waals surface area contributed by atoms with Gasteiger partial charge in [0.05, 0.1) is 0 Å². The molecule has 0 aromatic heterocycles. The van der Waals surface area contributed by atoms with Crippen molar-refractivity contribution in [2.45, 2.75) is 0 Å². The molecular formula is C2H6BF6NS. The molecule has 11 heavy (non-hydrogen) atoms. The van der Waals surface area contributed by atoms with Crippen molar-refractivity contribution in [3.8, 4) is 0 Å². The zero-order valence-electron chi connectivity index (χ0n) is 5.70. The largest absolute Gasteiger partial charge is 1.00 e. The summed E-state index contributed by atoms with van der Waals surface area (Å²) in [5, 5.41) is 0. The van der Waals surface area contributed by atoms with E-state index in [1.54, 1.807) is 0 Å². The Bertz CT molecular complexity index is 96.4. The van der Waals surface area contributed by atoms with Crippen LogP contribution in [0.15, 0.2) is 0 Å². The molecule has 0 aliphatic carbocycles. The first-order valence-corrected chi connectivity index (χ1v) is 3.02. The monoisotopic (exact) mass is 201 g/mol. The maximum atomic E-state index is 11.1. The van der Waals surface area contributed by atoms with Gasteiger partial charge in [-0.2, -0.15) is 3.95 Å². The van der Waals surface area contributed by atoms with Crippen molar-refractivity contribution in [1.29, 1.82) is 0 Å². The SMILES string of the molecule is C[N+](C)=S(F)F.FB(F)F.[F-]. The minimum absolute atomic E-state index is 0. The summed E-state index contributed by atoms with van der Waals surface area (Å²) in [5.74, 6) is 0. The van der Waals surface area contributed by atoms with E-state index < -0.39 is 19.0 Å². The van der Waals surface area contributed by atoms with Crippen LogP contribution in [0.1, 0.15) is 0 Å². The molecule has 9 heteroatoms. The van der Waals surface area contributed by atoms with Crippen LogP contribution in [0.25, 0.3) is 0 Å². The van der Waals surface area contributed by atoms with Crippen LogP contribution in [0.2, 0.25) is 0 Å². The van der Waals surface area contributed by atoms with Gasteiger partial charge < -0.3 is 4.70 Å². The molecule has 0 bridgehead atoms. The van der Waals surface area contributed by atoms with Crippen LogP contribution < -0.4 is 4.70 Å². The Morgan fingerprint density at radius 1 is 1.09 bits per heavy atom. The highest BCUT2D eigenvalue weighted by Gasteiger charge is 2.06. The minimum atomic E-state index is -3.67. The van der Waals surface area contributed by atoms with Gasteiger partial charge in [-0.1, -0.05) is 7.77 Å². The van der Waals surface area contributed by atoms with E-state index in [1.165, 1.54) is 14.1 Å². The molecule has 0 heterocycles. The molecule has 0 radical (unpaired) electrons. The molecule has 1 nitrogen and oxygen atoms in total. The third-order valence-corrected chi connectivity index (χ3v) is 0.828. The molecule has 0 amide bonds. The fourth-order valence-corrected chi connectivity index (χ4v) is 0. The number of halogens is 6. The second kappa shape index (κ2) is 9.79. The zero-order valence-corrected chi connectivity index (χ0v) is 6.52. The second-order valence-corrected chi connectivity index (χ2v) is 2.38. The number of rotatable bonds is 0. The van der Waals surface area contributed by atoms with Crippen LogP contribution in [-0.2, 0) is 11.5 Å². The van der Waals surface area contributed by atoms with Crippen molar-refractivity contribution in [3.05, 3.63) is 0 Å². The molecule has 0 atom stereocenters. The molecule has 0 spiro atoms. The molecule has 0 aromatic carbocycles. The molecule has 0 rings (SSSR count). The molecule has 0 aliphatic rings. The van der Waals surface area contributed by atoms with Gasteiger partial charge in [0.25, 0.3) is 0 Å². The number of hydrogen-bond donors (Lipinski definition) is 0. The van der Waals surface area contributed by atoms with Crippen LogP contribution in [-0.4, -0.2) is 25.6 Å². The van der Waals surface area contributed by atoms with Crippen LogP contribution in [0.3, 0.4) is 0 Å². The first-order valence-electron chi connectivity index (χ1n) is 2.04.